The SMILES string of the molecule is Nc1ccc(N2C3COCC2C3)cc1. The minimum atomic E-state index is 0.595. The van der Waals surface area contributed by atoms with E-state index in [1.807, 2.05) is 12.1 Å². The molecule has 74 valence electrons. The number of nitrogen functional groups attached to an aromatic ring is 1. The molecule has 2 atom stereocenters. The van der Waals surface area contributed by atoms with E-state index in [2.05, 4.69) is 17.0 Å². The zero-order chi connectivity index (χ0) is 9.54. The highest BCUT2D eigenvalue weighted by atomic mass is 16.5. The Kier molecular flexibility index (Phi) is 1.67. The summed E-state index contributed by atoms with van der Waals surface area (Å²) in [6.07, 6.45) is 1.28. The van der Waals surface area contributed by atoms with E-state index in [0.29, 0.717) is 12.1 Å². The van der Waals surface area contributed by atoms with Gasteiger partial charge in [0.1, 0.15) is 0 Å². The second kappa shape index (κ2) is 2.89. The van der Waals surface area contributed by atoms with Gasteiger partial charge in [-0.05, 0) is 30.7 Å². The summed E-state index contributed by atoms with van der Waals surface area (Å²) in [6.45, 7) is 1.75. The largest absolute Gasteiger partial charge is 0.399 e. The normalized spacial score (nSPS) is 29.9. The van der Waals surface area contributed by atoms with E-state index in [-0.39, 0.29) is 0 Å². The fourth-order valence-electron chi connectivity index (χ4n) is 2.41. The van der Waals surface area contributed by atoms with Gasteiger partial charge < -0.3 is 15.4 Å². The first-order valence-corrected chi connectivity index (χ1v) is 5.06. The molecule has 2 fully saturated rings. The van der Waals surface area contributed by atoms with Gasteiger partial charge in [-0.3, -0.25) is 0 Å². The first-order valence-electron chi connectivity index (χ1n) is 5.06. The van der Waals surface area contributed by atoms with Gasteiger partial charge in [-0.1, -0.05) is 0 Å². The molecule has 3 rings (SSSR count). The number of hydrogen-bond donors (Lipinski definition) is 1. The Morgan fingerprint density at radius 2 is 1.79 bits per heavy atom. The number of benzene rings is 1. The van der Waals surface area contributed by atoms with Crippen LogP contribution in [-0.2, 0) is 4.74 Å². The lowest BCUT2D eigenvalue weighted by molar-refractivity contribution is 0.0103. The summed E-state index contributed by atoms with van der Waals surface area (Å²) >= 11 is 0. The zero-order valence-corrected chi connectivity index (χ0v) is 8.02. The number of rotatable bonds is 1. The van der Waals surface area contributed by atoms with E-state index in [9.17, 15) is 0 Å². The molecule has 0 radical (unpaired) electrons. The molecule has 2 saturated heterocycles. The van der Waals surface area contributed by atoms with Crippen molar-refractivity contribution in [2.45, 2.75) is 18.5 Å². The first kappa shape index (κ1) is 8.12. The quantitative estimate of drug-likeness (QED) is 0.677. The van der Waals surface area contributed by atoms with Gasteiger partial charge in [0.2, 0.25) is 0 Å². The standard InChI is InChI=1S/C11H14N2O/c12-8-1-3-9(4-2-8)13-10-5-11(13)7-14-6-10/h1-4,10-11H,5-7,12H2. The smallest absolute Gasteiger partial charge is 0.0671 e. The Morgan fingerprint density at radius 1 is 1.14 bits per heavy atom. The van der Waals surface area contributed by atoms with Gasteiger partial charge in [-0.15, -0.1) is 0 Å². The van der Waals surface area contributed by atoms with Crippen molar-refractivity contribution in [2.24, 2.45) is 0 Å². The topological polar surface area (TPSA) is 38.5 Å². The molecule has 0 saturated carbocycles. The van der Waals surface area contributed by atoms with Crippen molar-refractivity contribution in [1.29, 1.82) is 0 Å². The molecule has 0 aliphatic carbocycles. The Balaban J connectivity index is 1.86. The average molecular weight is 190 g/mol. The molecule has 1 aromatic rings. The van der Waals surface area contributed by atoms with Crippen molar-refractivity contribution in [3.05, 3.63) is 24.3 Å². The first-order chi connectivity index (χ1) is 6.84. The third-order valence-corrected chi connectivity index (χ3v) is 3.14. The monoisotopic (exact) mass is 190 g/mol. The highest BCUT2D eigenvalue weighted by Crippen LogP contribution is 2.35. The lowest BCUT2D eigenvalue weighted by Gasteiger charge is -2.53. The van der Waals surface area contributed by atoms with Crippen molar-refractivity contribution >= 4 is 11.4 Å². The summed E-state index contributed by atoms with van der Waals surface area (Å²) in [7, 11) is 0. The van der Waals surface area contributed by atoms with Crippen LogP contribution >= 0.6 is 0 Å². The van der Waals surface area contributed by atoms with Crippen molar-refractivity contribution in [2.75, 3.05) is 23.8 Å². The molecule has 2 unspecified atom stereocenters. The lowest BCUT2D eigenvalue weighted by Crippen LogP contribution is -2.64. The number of nitrogens with two attached hydrogens (primary N) is 1. The molecule has 2 aliphatic rings. The van der Waals surface area contributed by atoms with E-state index in [4.69, 9.17) is 10.5 Å². The van der Waals surface area contributed by atoms with Crippen LogP contribution in [-0.4, -0.2) is 25.3 Å². The molecule has 2 heterocycles. The molecule has 14 heavy (non-hydrogen) atoms. The zero-order valence-electron chi connectivity index (χ0n) is 8.02. The number of hydrogen-bond acceptors (Lipinski definition) is 3. The molecule has 3 nitrogen and oxygen atoms in total. The van der Waals surface area contributed by atoms with E-state index in [1.54, 1.807) is 0 Å². The van der Waals surface area contributed by atoms with Crippen LogP contribution in [0.2, 0.25) is 0 Å². The van der Waals surface area contributed by atoms with Gasteiger partial charge in [0.25, 0.3) is 0 Å². The molecule has 0 amide bonds. The van der Waals surface area contributed by atoms with Crippen LogP contribution in [0.1, 0.15) is 6.42 Å². The van der Waals surface area contributed by atoms with Crippen molar-refractivity contribution in [3.8, 4) is 0 Å². The summed E-state index contributed by atoms with van der Waals surface area (Å²) in [4.78, 5) is 2.45. The summed E-state index contributed by atoms with van der Waals surface area (Å²) in [5.74, 6) is 0. The predicted molar refractivity (Wildman–Crippen MR) is 56.3 cm³/mol. The van der Waals surface area contributed by atoms with Gasteiger partial charge in [-0.2, -0.15) is 0 Å². The van der Waals surface area contributed by atoms with Gasteiger partial charge in [0.15, 0.2) is 0 Å². The van der Waals surface area contributed by atoms with E-state index >= 15 is 0 Å². The molecule has 2 N–H and O–H groups in total. The number of morpholine rings is 1. The lowest BCUT2D eigenvalue weighted by atomic mass is 9.90. The number of fused-ring (bicyclic) bond motifs is 2. The predicted octanol–water partition coefficient (Wildman–Crippen LogP) is 1.25. The van der Waals surface area contributed by atoms with Gasteiger partial charge in [0, 0.05) is 11.4 Å². The third-order valence-electron chi connectivity index (χ3n) is 3.14. The van der Waals surface area contributed by atoms with Crippen LogP contribution in [0, 0.1) is 0 Å². The Morgan fingerprint density at radius 3 is 2.36 bits per heavy atom. The Bertz CT molecular complexity index is 322. The maximum atomic E-state index is 5.66. The van der Waals surface area contributed by atoms with Crippen LogP contribution in [0.25, 0.3) is 0 Å². The van der Waals surface area contributed by atoms with Crippen molar-refractivity contribution in [1.82, 2.24) is 0 Å². The summed E-state index contributed by atoms with van der Waals surface area (Å²) in [6, 6.07) is 9.31. The van der Waals surface area contributed by atoms with Crippen molar-refractivity contribution in [3.63, 3.8) is 0 Å². The fraction of sp³-hybridized carbons (Fsp3) is 0.455. The molecule has 2 aliphatic heterocycles. The van der Waals surface area contributed by atoms with Gasteiger partial charge in [0.05, 0.1) is 25.3 Å². The molecular weight excluding hydrogens is 176 g/mol. The van der Waals surface area contributed by atoms with Gasteiger partial charge in [-0.25, -0.2) is 0 Å². The number of nitrogens with zero attached hydrogens (tertiary/aromatic N) is 1. The van der Waals surface area contributed by atoms with Crippen LogP contribution in [0.4, 0.5) is 11.4 Å². The van der Waals surface area contributed by atoms with Crippen LogP contribution in [0.5, 0.6) is 0 Å². The molecule has 0 spiro atoms. The van der Waals surface area contributed by atoms with Crippen LogP contribution in [0.3, 0.4) is 0 Å². The number of anilines is 2. The molecule has 3 heteroatoms. The van der Waals surface area contributed by atoms with E-state index in [0.717, 1.165) is 18.9 Å². The molecule has 0 aromatic heterocycles. The van der Waals surface area contributed by atoms with E-state index < -0.39 is 0 Å². The maximum absolute atomic E-state index is 5.66. The average Bonchev–Trinajstić information content (AvgIpc) is 2.22. The molecular formula is C11H14N2O. The Hall–Kier alpha value is -1.22. The summed E-state index contributed by atoms with van der Waals surface area (Å²) < 4.78 is 5.44. The molecule has 1 aromatic carbocycles. The fourth-order valence-corrected chi connectivity index (χ4v) is 2.41. The van der Waals surface area contributed by atoms with Crippen LogP contribution < -0.4 is 10.6 Å². The van der Waals surface area contributed by atoms with E-state index in [1.165, 1.54) is 12.1 Å². The minimum Gasteiger partial charge on any atom is -0.399 e. The highest BCUT2D eigenvalue weighted by Gasteiger charge is 2.42. The van der Waals surface area contributed by atoms with Crippen LogP contribution in [0.15, 0.2) is 24.3 Å². The van der Waals surface area contributed by atoms with Crippen molar-refractivity contribution < 1.29 is 4.74 Å². The minimum absolute atomic E-state index is 0.595. The second-order valence-corrected chi connectivity index (χ2v) is 4.08. The Labute approximate surface area is 83.5 Å². The third kappa shape index (κ3) is 1.09. The number of ether oxygens (including phenoxy) is 1. The summed E-state index contributed by atoms with van der Waals surface area (Å²) in [5, 5.41) is 0. The molecule has 2 bridgehead atoms. The second-order valence-electron chi connectivity index (χ2n) is 4.08. The highest BCUT2D eigenvalue weighted by molar-refractivity contribution is 5.56. The summed E-state index contributed by atoms with van der Waals surface area (Å²) in [5.41, 5.74) is 7.77. The maximum Gasteiger partial charge on any atom is 0.0671 e. The van der Waals surface area contributed by atoms with Gasteiger partial charge >= 0.3 is 0 Å².